The average molecular weight is 316 g/mol. The van der Waals surface area contributed by atoms with E-state index in [2.05, 4.69) is 35.8 Å². The van der Waals surface area contributed by atoms with Crippen molar-refractivity contribution in [2.24, 2.45) is 7.05 Å². The number of hydrogen-bond acceptors (Lipinski definition) is 4. The zero-order valence-corrected chi connectivity index (χ0v) is 14.4. The van der Waals surface area contributed by atoms with Gasteiger partial charge in [0.05, 0.1) is 17.0 Å². The lowest BCUT2D eigenvalue weighted by molar-refractivity contribution is 0.0692. The molecule has 0 saturated carbocycles. The highest BCUT2D eigenvalue weighted by atomic mass is 16.4. The number of carboxylic acid groups (broad SMARTS) is 1. The molecule has 0 bridgehead atoms. The minimum Gasteiger partial charge on any atom is -0.478 e. The summed E-state index contributed by atoms with van der Waals surface area (Å²) in [6.45, 7) is 9.48. The summed E-state index contributed by atoms with van der Waals surface area (Å²) in [6.07, 6.45) is 1.64. The Labute approximate surface area is 136 Å². The van der Waals surface area contributed by atoms with Crippen LogP contribution < -0.4 is 0 Å². The van der Waals surface area contributed by atoms with E-state index in [0.29, 0.717) is 12.2 Å². The summed E-state index contributed by atoms with van der Waals surface area (Å²) < 4.78 is 1.88. The number of rotatable bonds is 6. The molecule has 0 aromatic carbocycles. The quantitative estimate of drug-likeness (QED) is 0.887. The smallest absolute Gasteiger partial charge is 0.337 e. The predicted molar refractivity (Wildman–Crippen MR) is 88.3 cm³/mol. The Morgan fingerprint density at radius 3 is 2.57 bits per heavy atom. The van der Waals surface area contributed by atoms with Crippen LogP contribution in [0, 0.1) is 13.8 Å². The Kier molecular flexibility index (Phi) is 5.15. The van der Waals surface area contributed by atoms with E-state index in [1.165, 1.54) is 5.56 Å². The second-order valence-electron chi connectivity index (χ2n) is 6.07. The monoisotopic (exact) mass is 316 g/mol. The molecule has 0 aliphatic rings. The van der Waals surface area contributed by atoms with Crippen molar-refractivity contribution in [2.45, 2.75) is 46.8 Å². The molecule has 0 spiro atoms. The summed E-state index contributed by atoms with van der Waals surface area (Å²) in [5, 5.41) is 13.8. The lowest BCUT2D eigenvalue weighted by Gasteiger charge is -2.26. The molecule has 2 aromatic heterocycles. The van der Waals surface area contributed by atoms with Gasteiger partial charge in [-0.2, -0.15) is 5.10 Å². The third-order valence-electron chi connectivity index (χ3n) is 4.22. The molecule has 0 amide bonds. The van der Waals surface area contributed by atoms with Gasteiger partial charge in [0.15, 0.2) is 0 Å². The first kappa shape index (κ1) is 17.1. The van der Waals surface area contributed by atoms with Crippen LogP contribution in [0.2, 0.25) is 0 Å². The molecule has 0 radical (unpaired) electrons. The number of aryl methyl sites for hydroxylation is 2. The van der Waals surface area contributed by atoms with E-state index in [0.717, 1.165) is 17.9 Å². The van der Waals surface area contributed by atoms with Crippen molar-refractivity contribution < 1.29 is 9.90 Å². The first-order valence-electron chi connectivity index (χ1n) is 7.71. The highest BCUT2D eigenvalue weighted by Crippen LogP contribution is 2.19. The van der Waals surface area contributed by atoms with Crippen LogP contribution in [0.5, 0.6) is 0 Å². The molecule has 0 fully saturated rings. The topological polar surface area (TPSA) is 71.2 Å². The van der Waals surface area contributed by atoms with Gasteiger partial charge in [0.1, 0.15) is 0 Å². The van der Waals surface area contributed by atoms with Crippen molar-refractivity contribution >= 4 is 5.97 Å². The van der Waals surface area contributed by atoms with Crippen LogP contribution >= 0.6 is 0 Å². The van der Waals surface area contributed by atoms with E-state index >= 15 is 0 Å². The van der Waals surface area contributed by atoms with Crippen LogP contribution in [0.15, 0.2) is 18.3 Å². The van der Waals surface area contributed by atoms with Gasteiger partial charge in [0.2, 0.25) is 0 Å². The maximum Gasteiger partial charge on any atom is 0.337 e. The minimum absolute atomic E-state index is 0.262. The molecule has 2 aromatic rings. The fraction of sp³-hybridized carbons (Fsp3) is 0.471. The lowest BCUT2D eigenvalue weighted by atomic mass is 10.1. The highest BCUT2D eigenvalue weighted by molar-refractivity contribution is 5.88. The Balaban J connectivity index is 2.28. The van der Waals surface area contributed by atoms with Gasteiger partial charge in [-0.05, 0) is 39.8 Å². The fourth-order valence-corrected chi connectivity index (χ4v) is 2.62. The Morgan fingerprint density at radius 1 is 1.35 bits per heavy atom. The molecule has 6 heteroatoms. The van der Waals surface area contributed by atoms with Gasteiger partial charge in [-0.1, -0.05) is 0 Å². The summed E-state index contributed by atoms with van der Waals surface area (Å²) in [5.41, 5.74) is 4.18. The van der Waals surface area contributed by atoms with Crippen LogP contribution in [-0.4, -0.2) is 36.8 Å². The second-order valence-corrected chi connectivity index (χ2v) is 6.07. The zero-order chi connectivity index (χ0) is 17.1. The van der Waals surface area contributed by atoms with Crippen molar-refractivity contribution in [1.82, 2.24) is 19.7 Å². The van der Waals surface area contributed by atoms with Crippen LogP contribution in [0.4, 0.5) is 0 Å². The molecule has 0 aliphatic heterocycles. The van der Waals surface area contributed by atoms with E-state index < -0.39 is 5.97 Å². The zero-order valence-electron chi connectivity index (χ0n) is 14.4. The summed E-state index contributed by atoms with van der Waals surface area (Å²) >= 11 is 0. The molecule has 0 unspecified atom stereocenters. The third kappa shape index (κ3) is 3.76. The molecule has 1 N–H and O–H groups in total. The van der Waals surface area contributed by atoms with Gasteiger partial charge in [-0.15, -0.1) is 0 Å². The molecule has 124 valence electrons. The summed E-state index contributed by atoms with van der Waals surface area (Å²) in [7, 11) is 1.94. The third-order valence-corrected chi connectivity index (χ3v) is 4.22. The molecular formula is C17H24N4O2. The number of pyridine rings is 1. The number of hydrogen-bond donors (Lipinski definition) is 1. The highest BCUT2D eigenvalue weighted by Gasteiger charge is 2.19. The van der Waals surface area contributed by atoms with Crippen LogP contribution in [0.3, 0.4) is 0 Å². The van der Waals surface area contributed by atoms with Gasteiger partial charge in [0.25, 0.3) is 0 Å². The Morgan fingerprint density at radius 2 is 2.04 bits per heavy atom. The van der Waals surface area contributed by atoms with Gasteiger partial charge in [-0.3, -0.25) is 14.6 Å². The summed E-state index contributed by atoms with van der Waals surface area (Å²) in [4.78, 5) is 17.9. The molecule has 0 saturated heterocycles. The first-order chi connectivity index (χ1) is 10.8. The van der Waals surface area contributed by atoms with Crippen molar-refractivity contribution in [3.8, 4) is 0 Å². The molecule has 0 atom stereocenters. The molecule has 0 aliphatic carbocycles. The lowest BCUT2D eigenvalue weighted by Crippen LogP contribution is -2.31. The number of nitrogens with zero attached hydrogens (tertiary/aromatic N) is 4. The van der Waals surface area contributed by atoms with Crippen LogP contribution in [0.1, 0.15) is 46.9 Å². The number of carboxylic acids is 1. The summed E-state index contributed by atoms with van der Waals surface area (Å²) in [6, 6.07) is 3.52. The molecule has 2 heterocycles. The second kappa shape index (κ2) is 6.91. The van der Waals surface area contributed by atoms with E-state index in [1.807, 2.05) is 18.7 Å². The van der Waals surface area contributed by atoms with E-state index in [4.69, 9.17) is 0 Å². The van der Waals surface area contributed by atoms with Crippen molar-refractivity contribution in [3.05, 3.63) is 46.5 Å². The predicted octanol–water partition coefficient (Wildman–Crippen LogP) is 2.54. The fourth-order valence-electron chi connectivity index (χ4n) is 2.62. The van der Waals surface area contributed by atoms with Crippen LogP contribution in [-0.2, 0) is 20.1 Å². The SMILES string of the molecule is Cc1nn(C)c(C)c1CN(Cc1ncccc1C(=O)O)C(C)C. The van der Waals surface area contributed by atoms with Gasteiger partial charge < -0.3 is 5.11 Å². The molecule has 23 heavy (non-hydrogen) atoms. The number of aromatic carboxylic acids is 1. The molecule has 6 nitrogen and oxygen atoms in total. The normalized spacial score (nSPS) is 11.4. The first-order valence-corrected chi connectivity index (χ1v) is 7.71. The van der Waals surface area contributed by atoms with Gasteiger partial charge >= 0.3 is 5.97 Å². The van der Waals surface area contributed by atoms with Gasteiger partial charge in [-0.25, -0.2) is 4.79 Å². The Bertz CT molecular complexity index is 707. The van der Waals surface area contributed by atoms with Gasteiger partial charge in [0, 0.05) is 43.6 Å². The largest absolute Gasteiger partial charge is 0.478 e. The van der Waals surface area contributed by atoms with Crippen molar-refractivity contribution in [3.63, 3.8) is 0 Å². The maximum absolute atomic E-state index is 11.4. The van der Waals surface area contributed by atoms with E-state index in [1.54, 1.807) is 18.3 Å². The maximum atomic E-state index is 11.4. The van der Waals surface area contributed by atoms with E-state index in [-0.39, 0.29) is 11.6 Å². The van der Waals surface area contributed by atoms with E-state index in [9.17, 15) is 9.90 Å². The average Bonchev–Trinajstić information content (AvgIpc) is 2.72. The van der Waals surface area contributed by atoms with Crippen molar-refractivity contribution in [1.29, 1.82) is 0 Å². The van der Waals surface area contributed by atoms with Crippen molar-refractivity contribution in [2.75, 3.05) is 0 Å². The van der Waals surface area contributed by atoms with Crippen LogP contribution in [0.25, 0.3) is 0 Å². The minimum atomic E-state index is -0.939. The molecular weight excluding hydrogens is 292 g/mol. The standard InChI is InChI=1S/C17H24N4O2/c1-11(2)21(9-15-12(3)19-20(5)13(15)4)10-16-14(17(22)23)7-6-8-18-16/h6-8,11H,9-10H2,1-5H3,(H,22,23). The Hall–Kier alpha value is -2.21. The number of carbonyl (C=O) groups is 1. The summed E-state index contributed by atoms with van der Waals surface area (Å²) in [5.74, 6) is -0.939. The number of aromatic nitrogens is 3. The molecule has 2 rings (SSSR count).